The number of nitrogens with two attached hydrogens (primary N) is 1. The van der Waals surface area contributed by atoms with Crippen molar-refractivity contribution in [1.82, 2.24) is 15.1 Å². The number of amides is 4. The minimum Gasteiger partial charge on any atom is -0.477 e. The van der Waals surface area contributed by atoms with Crippen LogP contribution in [-0.2, 0) is 23.5 Å². The second-order valence-corrected chi connectivity index (χ2v) is 16.2. The molecule has 236 valence electrons. The molecule has 0 aliphatic carbocycles. The number of fused-ring (bicyclic) bond motifs is 1. The molecule has 0 unspecified atom stereocenters. The fourth-order valence-corrected chi connectivity index (χ4v) is 8.14. The summed E-state index contributed by atoms with van der Waals surface area (Å²) in [6, 6.07) is -1.21. The number of hydrogen-bond donors (Lipinski definition) is 3. The Labute approximate surface area is 254 Å². The van der Waals surface area contributed by atoms with Gasteiger partial charge in [0, 0.05) is 35.8 Å². The van der Waals surface area contributed by atoms with Crippen LogP contribution in [0.25, 0.3) is 0 Å². The van der Waals surface area contributed by atoms with Gasteiger partial charge in [-0.3, -0.25) is 4.79 Å². The summed E-state index contributed by atoms with van der Waals surface area (Å²) in [7, 11) is -1.32. The van der Waals surface area contributed by atoms with Crippen LogP contribution < -0.4 is 11.1 Å². The van der Waals surface area contributed by atoms with Crippen LogP contribution in [0.15, 0.2) is 23.3 Å². The molecule has 2 fully saturated rings. The molecule has 3 aliphatic rings. The zero-order valence-electron chi connectivity index (χ0n) is 25.5. The number of nitrogens with zero attached hydrogens (tertiary/aromatic N) is 2. The molecule has 3 rings (SSSR count). The third-order valence-corrected chi connectivity index (χ3v) is 10.4. The molecule has 6 atom stereocenters. The molecule has 0 spiro atoms. The number of carbonyl (C=O) groups is 4. The molecule has 3 heterocycles. The summed E-state index contributed by atoms with van der Waals surface area (Å²) in [5, 5.41) is 12.6. The highest BCUT2D eigenvalue weighted by Crippen LogP contribution is 2.55. The molecule has 0 aromatic heterocycles. The van der Waals surface area contributed by atoms with Gasteiger partial charge in [0.05, 0.1) is 31.2 Å². The third kappa shape index (κ3) is 7.69. The monoisotopic (exact) mass is 626 g/mol. The van der Waals surface area contributed by atoms with E-state index in [2.05, 4.69) is 45.8 Å². The van der Waals surface area contributed by atoms with Gasteiger partial charge >= 0.3 is 18.1 Å². The van der Waals surface area contributed by atoms with Crippen LogP contribution in [0.5, 0.6) is 0 Å². The molecular weight excluding hydrogens is 580 g/mol. The Morgan fingerprint density at radius 3 is 2.57 bits per heavy atom. The van der Waals surface area contributed by atoms with Crippen molar-refractivity contribution in [3.8, 4) is 0 Å². The summed E-state index contributed by atoms with van der Waals surface area (Å²) in [5.41, 5.74) is 4.93. The van der Waals surface area contributed by atoms with Gasteiger partial charge in [0.2, 0.25) is 5.91 Å². The lowest BCUT2D eigenvalue weighted by Crippen LogP contribution is -2.64. The summed E-state index contributed by atoms with van der Waals surface area (Å²) >= 11 is 1.43. The SMILES string of the molecule is C=CCOC(=O)N1C[C@@H](SC2=C(C(=O)O)N3C(=O)[C@@H]([C@@H](CO[SiH](C)C)C(C)(C)C)[C@H]3[C@H]2C)C[C@H]1COCCNC(N)=O. The lowest BCUT2D eigenvalue weighted by Gasteiger charge is -2.51. The molecule has 0 saturated carbocycles. The number of nitrogens with one attached hydrogen (secondary N) is 1. The maximum atomic E-state index is 13.6. The molecule has 0 bridgehead atoms. The zero-order chi connectivity index (χ0) is 31.4. The topological polar surface area (TPSA) is 161 Å². The predicted molar refractivity (Wildman–Crippen MR) is 162 cm³/mol. The molecule has 2 saturated heterocycles. The van der Waals surface area contributed by atoms with Crippen LogP contribution >= 0.6 is 11.8 Å². The number of aliphatic carboxylic acids is 1. The van der Waals surface area contributed by atoms with E-state index in [-0.39, 0.29) is 78.5 Å². The Bertz CT molecular complexity index is 1080. The summed E-state index contributed by atoms with van der Waals surface area (Å²) in [5.74, 6) is -1.84. The Hall–Kier alpha value is -2.55. The van der Waals surface area contributed by atoms with E-state index < -0.39 is 27.1 Å². The summed E-state index contributed by atoms with van der Waals surface area (Å²) < 4.78 is 17.1. The first-order valence-electron chi connectivity index (χ1n) is 14.4. The van der Waals surface area contributed by atoms with Gasteiger partial charge in [-0.05, 0) is 30.8 Å². The number of carboxylic acids is 1. The average molecular weight is 627 g/mol. The second kappa shape index (κ2) is 14.3. The van der Waals surface area contributed by atoms with Crippen molar-refractivity contribution >= 4 is 44.8 Å². The van der Waals surface area contributed by atoms with Crippen molar-refractivity contribution in [1.29, 1.82) is 0 Å². The van der Waals surface area contributed by atoms with E-state index in [4.69, 9.17) is 19.6 Å². The number of hydrogen-bond acceptors (Lipinski definition) is 8. The van der Waals surface area contributed by atoms with Crippen LogP contribution in [0.3, 0.4) is 0 Å². The van der Waals surface area contributed by atoms with Crippen molar-refractivity contribution < 1.29 is 38.2 Å². The van der Waals surface area contributed by atoms with Gasteiger partial charge in [0.1, 0.15) is 12.3 Å². The standard InChI is InChI=1S/C28H46N4O8SSi/c1-8-10-39-27(37)31-13-18(12-17(31)14-38-11-9-30-26(29)36)41-23-16(2)21-20(24(33)32(21)22(23)25(34)35)19(28(3,4)5)15-40-42(6)7/h8,16-21,42H,1,9-15H2,2-7H3,(H,34,35)(H3,29,30,36)/t16-,17+,18+,19-,20+,21-/m1/s1. The molecule has 4 amide bonds. The Balaban J connectivity index is 1.78. The van der Waals surface area contributed by atoms with Gasteiger partial charge < -0.3 is 39.9 Å². The number of rotatable bonds is 14. The number of ether oxygens (including phenoxy) is 2. The number of carbonyl (C=O) groups excluding carboxylic acids is 3. The number of thioether (sulfide) groups is 1. The maximum Gasteiger partial charge on any atom is 0.410 e. The van der Waals surface area contributed by atoms with Crippen LogP contribution in [0.2, 0.25) is 13.1 Å². The zero-order valence-corrected chi connectivity index (χ0v) is 27.4. The Morgan fingerprint density at radius 2 is 2.00 bits per heavy atom. The quantitative estimate of drug-likeness (QED) is 0.114. The number of likely N-dealkylation sites (tertiary alicyclic amines) is 1. The van der Waals surface area contributed by atoms with Gasteiger partial charge in [-0.15, -0.1) is 11.8 Å². The van der Waals surface area contributed by atoms with Crippen molar-refractivity contribution in [2.45, 2.75) is 64.5 Å². The second-order valence-electron chi connectivity index (χ2n) is 12.4. The molecule has 14 heteroatoms. The summed E-state index contributed by atoms with van der Waals surface area (Å²) in [6.45, 7) is 17.6. The molecule has 4 N–H and O–H groups in total. The lowest BCUT2D eigenvalue weighted by molar-refractivity contribution is -0.164. The first kappa shape index (κ1) is 33.9. The summed E-state index contributed by atoms with van der Waals surface area (Å²) in [6.07, 6.45) is 1.52. The summed E-state index contributed by atoms with van der Waals surface area (Å²) in [4.78, 5) is 53.6. The van der Waals surface area contributed by atoms with Gasteiger partial charge in [0.15, 0.2) is 9.04 Å². The van der Waals surface area contributed by atoms with Crippen molar-refractivity contribution in [2.24, 2.45) is 28.9 Å². The van der Waals surface area contributed by atoms with Crippen molar-refractivity contribution in [3.05, 3.63) is 23.3 Å². The highest BCUT2D eigenvalue weighted by atomic mass is 32.2. The van der Waals surface area contributed by atoms with E-state index in [0.29, 0.717) is 24.5 Å². The molecule has 12 nitrogen and oxygen atoms in total. The number of β-lactam (4-membered cyclic amide) rings is 1. The molecule has 3 aliphatic heterocycles. The minimum absolute atomic E-state index is 0.0450. The van der Waals surface area contributed by atoms with Crippen molar-refractivity contribution in [3.63, 3.8) is 0 Å². The van der Waals surface area contributed by atoms with E-state index in [0.717, 1.165) is 0 Å². The number of urea groups is 1. The fraction of sp³-hybridized carbons (Fsp3) is 0.714. The van der Waals surface area contributed by atoms with Crippen molar-refractivity contribution in [2.75, 3.05) is 39.5 Å². The first-order chi connectivity index (χ1) is 19.7. The smallest absolute Gasteiger partial charge is 0.410 e. The van der Waals surface area contributed by atoms with E-state index in [1.165, 1.54) is 22.7 Å². The van der Waals surface area contributed by atoms with Gasteiger partial charge in [0.25, 0.3) is 0 Å². The molecule has 0 aromatic carbocycles. The third-order valence-electron chi connectivity index (χ3n) is 8.03. The van der Waals surface area contributed by atoms with E-state index >= 15 is 0 Å². The van der Waals surface area contributed by atoms with Gasteiger partial charge in [-0.1, -0.05) is 40.3 Å². The minimum atomic E-state index is -1.32. The van der Waals surface area contributed by atoms with Crippen LogP contribution in [0.4, 0.5) is 9.59 Å². The molecule has 42 heavy (non-hydrogen) atoms. The van der Waals surface area contributed by atoms with Crippen LogP contribution in [0, 0.1) is 23.2 Å². The Morgan fingerprint density at radius 1 is 1.31 bits per heavy atom. The highest BCUT2D eigenvalue weighted by molar-refractivity contribution is 8.03. The van der Waals surface area contributed by atoms with E-state index in [1.54, 1.807) is 4.90 Å². The maximum absolute atomic E-state index is 13.6. The lowest BCUT2D eigenvalue weighted by atomic mass is 9.65. The predicted octanol–water partition coefficient (Wildman–Crippen LogP) is 2.61. The number of carboxylic acid groups (broad SMARTS) is 1. The molecule has 0 radical (unpaired) electrons. The fourth-order valence-electron chi connectivity index (χ4n) is 5.98. The van der Waals surface area contributed by atoms with Gasteiger partial charge in [-0.2, -0.15) is 0 Å². The average Bonchev–Trinajstić information content (AvgIpc) is 3.40. The number of primary amides is 1. The Kier molecular flexibility index (Phi) is 11.5. The van der Waals surface area contributed by atoms with Gasteiger partial charge in [-0.25, -0.2) is 14.4 Å². The van der Waals surface area contributed by atoms with E-state index in [9.17, 15) is 24.3 Å². The van der Waals surface area contributed by atoms with Crippen LogP contribution in [0.1, 0.15) is 34.1 Å². The normalized spacial score (nSPS) is 26.3. The highest BCUT2D eigenvalue weighted by Gasteiger charge is 2.62. The van der Waals surface area contributed by atoms with Crippen LogP contribution in [-0.4, -0.2) is 105 Å². The largest absolute Gasteiger partial charge is 0.477 e. The molecule has 0 aromatic rings. The first-order valence-corrected chi connectivity index (χ1v) is 18.1. The van der Waals surface area contributed by atoms with E-state index in [1.807, 2.05) is 6.92 Å². The molecular formula is C28H46N4O8SSi.